The lowest BCUT2D eigenvalue weighted by Crippen LogP contribution is -2.25. The third-order valence-corrected chi connectivity index (χ3v) is 4.91. The van der Waals surface area contributed by atoms with Crippen molar-refractivity contribution >= 4 is 33.8 Å². The summed E-state index contributed by atoms with van der Waals surface area (Å²) >= 11 is 1.25. The van der Waals surface area contributed by atoms with Gasteiger partial charge < -0.3 is 21.7 Å². The Labute approximate surface area is 128 Å². The van der Waals surface area contributed by atoms with Crippen LogP contribution >= 0.6 is 11.3 Å². The second-order valence-corrected chi connectivity index (χ2v) is 6.21. The minimum atomic E-state index is -0.266. The predicted molar refractivity (Wildman–Crippen MR) is 86.0 cm³/mol. The molecule has 2 amide bonds. The van der Waals surface area contributed by atoms with E-state index in [1.807, 2.05) is 0 Å². The number of hydrogen-bond acceptors (Lipinski definition) is 5. The van der Waals surface area contributed by atoms with Crippen LogP contribution in [0.3, 0.4) is 0 Å². The van der Waals surface area contributed by atoms with Gasteiger partial charge in [0.2, 0.25) is 0 Å². The van der Waals surface area contributed by atoms with E-state index >= 15 is 0 Å². The molecule has 116 valence electrons. The van der Waals surface area contributed by atoms with E-state index in [0.29, 0.717) is 21.5 Å². The van der Waals surface area contributed by atoms with Crippen molar-refractivity contribution in [2.24, 2.45) is 0 Å². The van der Waals surface area contributed by atoms with E-state index in [0.717, 1.165) is 12.8 Å². The minimum absolute atomic E-state index is 0.247. The molecule has 0 atom stereocenters. The van der Waals surface area contributed by atoms with Crippen LogP contribution in [0.25, 0.3) is 0 Å². The molecule has 0 unspecified atom stereocenters. The number of carbonyl (C=O) groups excluding carboxylic acids is 2. The molecule has 1 heterocycles. The number of thiophene rings is 1. The molecule has 5 N–H and O–H groups in total. The van der Waals surface area contributed by atoms with E-state index < -0.39 is 0 Å². The van der Waals surface area contributed by atoms with Gasteiger partial charge in [0.15, 0.2) is 0 Å². The van der Waals surface area contributed by atoms with Crippen LogP contribution in [0.15, 0.2) is 0 Å². The highest BCUT2D eigenvalue weighted by atomic mass is 32.1. The normalized spacial score (nSPS) is 15.5. The molecule has 1 aliphatic rings. The van der Waals surface area contributed by atoms with Gasteiger partial charge in [-0.25, -0.2) is 0 Å². The molecule has 1 aliphatic carbocycles. The lowest BCUT2D eigenvalue weighted by atomic mass is 9.95. The zero-order valence-corrected chi connectivity index (χ0v) is 13.2. The van der Waals surface area contributed by atoms with E-state index in [1.54, 1.807) is 14.1 Å². The molecular weight excluding hydrogens is 288 g/mol. The smallest absolute Gasteiger partial charge is 0.263 e. The van der Waals surface area contributed by atoms with Crippen LogP contribution in [0, 0.1) is 0 Å². The van der Waals surface area contributed by atoms with E-state index in [2.05, 4.69) is 16.0 Å². The summed E-state index contributed by atoms with van der Waals surface area (Å²) in [6.07, 6.45) is 5.81. The Morgan fingerprint density at radius 3 is 2.29 bits per heavy atom. The fraction of sp³-hybridized carbons (Fsp3) is 0.571. The molecule has 0 aromatic carbocycles. The topological polar surface area (TPSA) is 96.2 Å². The summed E-state index contributed by atoms with van der Waals surface area (Å²) in [6.45, 7) is 0. The third kappa shape index (κ3) is 3.29. The van der Waals surface area contributed by atoms with Gasteiger partial charge in [0.1, 0.15) is 9.88 Å². The van der Waals surface area contributed by atoms with Crippen molar-refractivity contribution in [2.75, 3.05) is 25.1 Å². The van der Waals surface area contributed by atoms with Crippen molar-refractivity contribution in [1.82, 2.24) is 10.6 Å². The quantitative estimate of drug-likeness (QED) is 0.682. The molecule has 0 bridgehead atoms. The number of hydrogen-bond donors (Lipinski definition) is 4. The maximum Gasteiger partial charge on any atom is 0.263 e. The van der Waals surface area contributed by atoms with Crippen LogP contribution in [0.5, 0.6) is 0 Å². The maximum atomic E-state index is 12.1. The number of rotatable bonds is 4. The number of carbonyl (C=O) groups is 2. The van der Waals surface area contributed by atoms with Gasteiger partial charge in [-0.1, -0.05) is 19.3 Å². The standard InChI is InChI=1S/C14H22N4O2S/c1-16-12(19)9-10(15)11(13(20)17-2)21-14(9)18-8-6-4-3-5-7-8/h8,18H,3-7,15H2,1-2H3,(H,16,19)(H,17,20). The summed E-state index contributed by atoms with van der Waals surface area (Å²) in [5.41, 5.74) is 6.64. The van der Waals surface area contributed by atoms with Crippen LogP contribution in [-0.4, -0.2) is 32.0 Å². The average molecular weight is 310 g/mol. The Kier molecular flexibility index (Phi) is 5.06. The maximum absolute atomic E-state index is 12.1. The van der Waals surface area contributed by atoms with Crippen molar-refractivity contribution in [3.63, 3.8) is 0 Å². The highest BCUT2D eigenvalue weighted by Crippen LogP contribution is 2.37. The summed E-state index contributed by atoms with van der Waals surface area (Å²) in [5.74, 6) is -0.531. The summed E-state index contributed by atoms with van der Waals surface area (Å²) in [4.78, 5) is 24.3. The molecule has 1 fully saturated rings. The van der Waals surface area contributed by atoms with Gasteiger partial charge in [-0.3, -0.25) is 9.59 Å². The van der Waals surface area contributed by atoms with Crippen LogP contribution in [0.1, 0.15) is 52.1 Å². The first-order valence-electron chi connectivity index (χ1n) is 7.21. The Morgan fingerprint density at radius 1 is 1.10 bits per heavy atom. The number of nitrogens with two attached hydrogens (primary N) is 1. The molecular formula is C14H22N4O2S. The van der Waals surface area contributed by atoms with Gasteiger partial charge in [0.05, 0.1) is 11.3 Å². The number of amides is 2. The van der Waals surface area contributed by atoms with Crippen LogP contribution in [-0.2, 0) is 0 Å². The molecule has 21 heavy (non-hydrogen) atoms. The van der Waals surface area contributed by atoms with Crippen molar-refractivity contribution in [3.05, 3.63) is 10.4 Å². The molecule has 0 spiro atoms. The second kappa shape index (κ2) is 6.80. The van der Waals surface area contributed by atoms with Crippen molar-refractivity contribution < 1.29 is 9.59 Å². The molecule has 1 aromatic heterocycles. The van der Waals surface area contributed by atoms with Crippen LogP contribution in [0.2, 0.25) is 0 Å². The molecule has 6 nitrogen and oxygen atoms in total. The predicted octanol–water partition coefficient (Wildman–Crippen LogP) is 1.79. The molecule has 0 aliphatic heterocycles. The zero-order valence-electron chi connectivity index (χ0n) is 12.4. The van der Waals surface area contributed by atoms with Gasteiger partial charge >= 0.3 is 0 Å². The van der Waals surface area contributed by atoms with Crippen LogP contribution < -0.4 is 21.7 Å². The zero-order chi connectivity index (χ0) is 15.4. The number of nitrogens with one attached hydrogen (secondary N) is 3. The highest BCUT2D eigenvalue weighted by molar-refractivity contribution is 7.19. The summed E-state index contributed by atoms with van der Waals surface area (Å²) in [5, 5.41) is 9.24. The summed E-state index contributed by atoms with van der Waals surface area (Å²) in [6, 6.07) is 0.345. The average Bonchev–Trinajstić information content (AvgIpc) is 2.83. The SMILES string of the molecule is CNC(=O)c1sc(NC2CCCCC2)c(C(=O)NC)c1N. The molecule has 0 saturated heterocycles. The lowest BCUT2D eigenvalue weighted by Gasteiger charge is -2.23. The van der Waals surface area contributed by atoms with Gasteiger partial charge in [-0.05, 0) is 12.8 Å². The first kappa shape index (κ1) is 15.6. The third-order valence-electron chi connectivity index (χ3n) is 3.77. The van der Waals surface area contributed by atoms with Gasteiger partial charge in [-0.2, -0.15) is 0 Å². The van der Waals surface area contributed by atoms with Gasteiger partial charge in [-0.15, -0.1) is 11.3 Å². The highest BCUT2D eigenvalue weighted by Gasteiger charge is 2.26. The summed E-state index contributed by atoms with van der Waals surface area (Å²) in [7, 11) is 3.11. The van der Waals surface area contributed by atoms with Gasteiger partial charge in [0.25, 0.3) is 11.8 Å². The van der Waals surface area contributed by atoms with Crippen molar-refractivity contribution in [3.8, 4) is 0 Å². The summed E-state index contributed by atoms with van der Waals surface area (Å²) < 4.78 is 0. The van der Waals surface area contributed by atoms with E-state index in [1.165, 1.54) is 30.6 Å². The van der Waals surface area contributed by atoms with Crippen molar-refractivity contribution in [2.45, 2.75) is 38.1 Å². The van der Waals surface area contributed by atoms with E-state index in [-0.39, 0.29) is 17.5 Å². The first-order valence-corrected chi connectivity index (χ1v) is 8.03. The van der Waals surface area contributed by atoms with E-state index in [4.69, 9.17) is 5.73 Å². The van der Waals surface area contributed by atoms with Crippen molar-refractivity contribution in [1.29, 1.82) is 0 Å². The lowest BCUT2D eigenvalue weighted by molar-refractivity contribution is 0.0963. The Morgan fingerprint density at radius 2 is 1.71 bits per heavy atom. The Hall–Kier alpha value is -1.76. The van der Waals surface area contributed by atoms with E-state index in [9.17, 15) is 9.59 Å². The molecule has 7 heteroatoms. The fourth-order valence-electron chi connectivity index (χ4n) is 2.61. The second-order valence-electron chi connectivity index (χ2n) is 5.19. The fourth-order valence-corrected chi connectivity index (χ4v) is 3.75. The minimum Gasteiger partial charge on any atom is -0.397 e. The monoisotopic (exact) mass is 310 g/mol. The van der Waals surface area contributed by atoms with Crippen LogP contribution in [0.4, 0.5) is 10.7 Å². The molecule has 0 radical (unpaired) electrons. The number of anilines is 2. The Balaban J connectivity index is 2.33. The largest absolute Gasteiger partial charge is 0.397 e. The first-order chi connectivity index (χ1) is 10.1. The Bertz CT molecular complexity index is 535. The van der Waals surface area contributed by atoms with Gasteiger partial charge in [0, 0.05) is 20.1 Å². The molecule has 1 aromatic rings. The molecule has 2 rings (SSSR count). The molecule has 1 saturated carbocycles. The number of nitrogen functional groups attached to an aromatic ring is 1.